The Balaban J connectivity index is 2.12. The molecule has 0 bridgehead atoms. The van der Waals surface area contributed by atoms with Crippen LogP contribution in [0.1, 0.15) is 23.1 Å². The van der Waals surface area contributed by atoms with Crippen LogP contribution < -0.4 is 16.1 Å². The summed E-state index contributed by atoms with van der Waals surface area (Å²) in [5.41, 5.74) is 6.48. The van der Waals surface area contributed by atoms with Gasteiger partial charge in [-0.1, -0.05) is 11.5 Å². The summed E-state index contributed by atoms with van der Waals surface area (Å²) < 4.78 is 0. The first-order chi connectivity index (χ1) is 7.86. The van der Waals surface area contributed by atoms with Gasteiger partial charge in [0.15, 0.2) is 0 Å². The summed E-state index contributed by atoms with van der Waals surface area (Å²) in [6, 6.07) is 2.38. The Hall–Kier alpha value is -0.955. The van der Waals surface area contributed by atoms with E-state index >= 15 is 0 Å². The Kier molecular flexibility index (Phi) is 2.64. The number of rotatable bonds is 0. The van der Waals surface area contributed by atoms with Crippen molar-refractivity contribution in [1.29, 1.82) is 0 Å². The fourth-order valence-corrected chi connectivity index (χ4v) is 2.84. The molecule has 2 aliphatic rings. The van der Waals surface area contributed by atoms with Crippen LogP contribution in [0.4, 0.5) is 5.69 Å². The SMILES string of the molecule is [B]c1c2c(cc3c1NCCC3)CCNCC2. The molecule has 2 radical (unpaired) electrons. The second kappa shape index (κ2) is 4.13. The van der Waals surface area contributed by atoms with Crippen LogP contribution in [-0.4, -0.2) is 27.5 Å². The van der Waals surface area contributed by atoms with E-state index < -0.39 is 0 Å². The fourth-order valence-electron chi connectivity index (χ4n) is 2.84. The van der Waals surface area contributed by atoms with Crippen molar-refractivity contribution in [3.8, 4) is 0 Å². The first-order valence-electron chi connectivity index (χ1n) is 6.24. The lowest BCUT2D eigenvalue weighted by molar-refractivity contribution is 0.711. The average molecular weight is 212 g/mol. The van der Waals surface area contributed by atoms with Gasteiger partial charge in [0.1, 0.15) is 7.85 Å². The lowest BCUT2D eigenvalue weighted by atomic mass is 9.80. The lowest BCUT2D eigenvalue weighted by Gasteiger charge is -2.24. The third-order valence-corrected chi connectivity index (χ3v) is 3.70. The summed E-state index contributed by atoms with van der Waals surface area (Å²) >= 11 is 0. The maximum Gasteiger partial charge on any atom is 0.117 e. The number of aryl methyl sites for hydroxylation is 1. The molecule has 1 aromatic carbocycles. The van der Waals surface area contributed by atoms with E-state index in [9.17, 15) is 0 Å². The Labute approximate surface area is 98.2 Å². The zero-order valence-corrected chi connectivity index (χ0v) is 9.60. The summed E-state index contributed by atoms with van der Waals surface area (Å²) in [4.78, 5) is 0. The lowest BCUT2D eigenvalue weighted by Crippen LogP contribution is -2.25. The molecule has 0 spiro atoms. The van der Waals surface area contributed by atoms with Gasteiger partial charge >= 0.3 is 0 Å². The van der Waals surface area contributed by atoms with Crippen molar-refractivity contribution >= 4 is 19.0 Å². The summed E-state index contributed by atoms with van der Waals surface area (Å²) in [7, 11) is 6.30. The van der Waals surface area contributed by atoms with Crippen molar-refractivity contribution in [3.05, 3.63) is 22.8 Å². The van der Waals surface area contributed by atoms with E-state index in [2.05, 4.69) is 16.7 Å². The van der Waals surface area contributed by atoms with Crippen LogP contribution in [-0.2, 0) is 19.3 Å². The molecule has 0 unspecified atom stereocenters. The molecule has 0 aliphatic carbocycles. The highest BCUT2D eigenvalue weighted by atomic mass is 14.9. The van der Waals surface area contributed by atoms with Crippen LogP contribution in [0.25, 0.3) is 0 Å². The molecule has 0 fully saturated rings. The minimum Gasteiger partial charge on any atom is -0.385 e. The van der Waals surface area contributed by atoms with Crippen molar-refractivity contribution in [1.82, 2.24) is 5.32 Å². The van der Waals surface area contributed by atoms with Crippen molar-refractivity contribution in [2.75, 3.05) is 25.0 Å². The molecule has 0 saturated heterocycles. The summed E-state index contributed by atoms with van der Waals surface area (Å²) in [5, 5.41) is 6.89. The molecule has 0 saturated carbocycles. The van der Waals surface area contributed by atoms with Gasteiger partial charge in [0.25, 0.3) is 0 Å². The van der Waals surface area contributed by atoms with Crippen molar-refractivity contribution in [2.24, 2.45) is 0 Å². The smallest absolute Gasteiger partial charge is 0.117 e. The molecule has 0 amide bonds. The molecular formula is C13H17BN2. The molecule has 2 aliphatic heterocycles. The van der Waals surface area contributed by atoms with E-state index in [0.717, 1.165) is 37.9 Å². The predicted octanol–water partition coefficient (Wildman–Crippen LogP) is 0.527. The van der Waals surface area contributed by atoms with E-state index in [1.807, 2.05) is 0 Å². The van der Waals surface area contributed by atoms with Crippen molar-refractivity contribution < 1.29 is 0 Å². The van der Waals surface area contributed by atoms with Crippen molar-refractivity contribution in [2.45, 2.75) is 25.7 Å². The minimum atomic E-state index is 1.01. The number of benzene rings is 1. The van der Waals surface area contributed by atoms with Gasteiger partial charge in [-0.25, -0.2) is 0 Å². The molecule has 16 heavy (non-hydrogen) atoms. The monoisotopic (exact) mass is 212 g/mol. The zero-order valence-electron chi connectivity index (χ0n) is 9.60. The second-order valence-electron chi connectivity index (χ2n) is 4.74. The predicted molar refractivity (Wildman–Crippen MR) is 68.9 cm³/mol. The maximum absolute atomic E-state index is 6.30. The molecule has 1 aromatic rings. The summed E-state index contributed by atoms with van der Waals surface area (Å²) in [5.74, 6) is 0. The van der Waals surface area contributed by atoms with Crippen molar-refractivity contribution in [3.63, 3.8) is 0 Å². The highest BCUT2D eigenvalue weighted by molar-refractivity contribution is 6.37. The van der Waals surface area contributed by atoms with Crippen LogP contribution in [0.15, 0.2) is 6.07 Å². The Morgan fingerprint density at radius 1 is 1.00 bits per heavy atom. The molecule has 2 N–H and O–H groups in total. The van der Waals surface area contributed by atoms with Crippen LogP contribution in [0, 0.1) is 0 Å². The summed E-state index contributed by atoms with van der Waals surface area (Å²) in [6.07, 6.45) is 4.58. The Morgan fingerprint density at radius 3 is 2.81 bits per heavy atom. The van der Waals surface area contributed by atoms with Crippen LogP contribution in [0.2, 0.25) is 0 Å². The summed E-state index contributed by atoms with van der Waals surface area (Å²) in [6.45, 7) is 3.20. The quantitative estimate of drug-likeness (QED) is 0.613. The largest absolute Gasteiger partial charge is 0.385 e. The third kappa shape index (κ3) is 1.63. The van der Waals surface area contributed by atoms with Crippen LogP contribution >= 0.6 is 0 Å². The van der Waals surface area contributed by atoms with Gasteiger partial charge in [0, 0.05) is 12.2 Å². The molecule has 0 aromatic heterocycles. The van der Waals surface area contributed by atoms with Crippen LogP contribution in [0.3, 0.4) is 0 Å². The van der Waals surface area contributed by atoms with Gasteiger partial charge in [0.2, 0.25) is 0 Å². The zero-order chi connectivity index (χ0) is 11.0. The van der Waals surface area contributed by atoms with Gasteiger partial charge in [0.05, 0.1) is 0 Å². The first-order valence-corrected chi connectivity index (χ1v) is 6.24. The maximum atomic E-state index is 6.30. The van der Waals surface area contributed by atoms with Gasteiger partial charge in [-0.3, -0.25) is 0 Å². The number of fused-ring (bicyclic) bond motifs is 2. The molecule has 82 valence electrons. The van der Waals surface area contributed by atoms with Gasteiger partial charge in [-0.05, 0) is 55.5 Å². The normalized spacial score (nSPS) is 19.2. The van der Waals surface area contributed by atoms with E-state index in [1.165, 1.54) is 35.2 Å². The average Bonchev–Trinajstić information content (AvgIpc) is 2.55. The van der Waals surface area contributed by atoms with Gasteiger partial charge < -0.3 is 10.6 Å². The molecule has 2 heterocycles. The molecule has 0 atom stereocenters. The number of hydrogen-bond donors (Lipinski definition) is 2. The second-order valence-corrected chi connectivity index (χ2v) is 4.74. The van der Waals surface area contributed by atoms with E-state index in [4.69, 9.17) is 7.85 Å². The first kappa shape index (κ1) is 10.2. The molecule has 3 heteroatoms. The fraction of sp³-hybridized carbons (Fsp3) is 0.538. The number of nitrogens with one attached hydrogen (secondary N) is 2. The third-order valence-electron chi connectivity index (χ3n) is 3.70. The van der Waals surface area contributed by atoms with E-state index in [-0.39, 0.29) is 0 Å². The number of hydrogen-bond acceptors (Lipinski definition) is 2. The molecule has 2 nitrogen and oxygen atoms in total. The van der Waals surface area contributed by atoms with E-state index in [0.29, 0.717) is 0 Å². The number of anilines is 1. The molecular weight excluding hydrogens is 195 g/mol. The van der Waals surface area contributed by atoms with Crippen LogP contribution in [0.5, 0.6) is 0 Å². The minimum absolute atomic E-state index is 1.01. The topological polar surface area (TPSA) is 24.1 Å². The highest BCUT2D eigenvalue weighted by Crippen LogP contribution is 2.24. The van der Waals surface area contributed by atoms with Gasteiger partial charge in [-0.2, -0.15) is 0 Å². The van der Waals surface area contributed by atoms with E-state index in [1.54, 1.807) is 0 Å². The standard InChI is InChI=1S/C13H17BN2/c14-12-11-4-7-15-6-3-9(11)8-10-2-1-5-16-13(10)12/h8,15-16H,1-7H2. The highest BCUT2D eigenvalue weighted by Gasteiger charge is 2.17. The Bertz CT molecular complexity index is 415. The van der Waals surface area contributed by atoms with Gasteiger partial charge in [-0.15, -0.1) is 0 Å². The molecule has 3 rings (SSSR count). The Morgan fingerprint density at radius 2 is 1.88 bits per heavy atom.